The van der Waals surface area contributed by atoms with Crippen LogP contribution in [0.5, 0.6) is 0 Å². The molecule has 1 unspecified atom stereocenters. The topological polar surface area (TPSA) is 69.7 Å². The molecule has 1 aliphatic rings. The van der Waals surface area contributed by atoms with Crippen LogP contribution >= 0.6 is 0 Å². The summed E-state index contributed by atoms with van der Waals surface area (Å²) in [6, 6.07) is 0. The van der Waals surface area contributed by atoms with Crippen LogP contribution in [-0.2, 0) is 16.0 Å². The van der Waals surface area contributed by atoms with Crippen molar-refractivity contribution >= 4 is 17.8 Å². The van der Waals surface area contributed by atoms with Gasteiger partial charge in [-0.25, -0.2) is 0 Å². The first-order valence-electron chi connectivity index (χ1n) is 7.12. The Morgan fingerprint density at radius 1 is 1.32 bits per heavy atom. The van der Waals surface area contributed by atoms with Gasteiger partial charge in [-0.2, -0.15) is 0 Å². The zero-order chi connectivity index (χ0) is 16.3. The number of hydrogen-bond donors (Lipinski definition) is 1. The van der Waals surface area contributed by atoms with Crippen LogP contribution in [0.1, 0.15) is 11.1 Å². The Bertz CT molecular complexity index is 659. The lowest BCUT2D eigenvalue weighted by Crippen LogP contribution is -2.28. The van der Waals surface area contributed by atoms with E-state index in [0.717, 1.165) is 6.54 Å². The smallest absolute Gasteiger partial charge is 0.258 e. The van der Waals surface area contributed by atoms with E-state index in [4.69, 9.17) is 15.2 Å². The number of likely N-dealkylation sites (N-methyl/N-ethyl adjacent to an activating group) is 1. The van der Waals surface area contributed by atoms with Gasteiger partial charge in [0, 0.05) is 32.0 Å². The van der Waals surface area contributed by atoms with E-state index in [9.17, 15) is 4.79 Å². The minimum Gasteiger partial charge on any atom is -0.498 e. The maximum atomic E-state index is 12.7. The number of rotatable bonds is 5. The molecule has 6 nitrogen and oxygen atoms in total. The molecule has 0 aromatic carbocycles. The van der Waals surface area contributed by atoms with E-state index in [1.54, 1.807) is 31.1 Å². The van der Waals surface area contributed by atoms with Crippen molar-refractivity contribution in [2.75, 3.05) is 40.6 Å². The van der Waals surface area contributed by atoms with Crippen molar-refractivity contribution in [3.05, 3.63) is 39.5 Å². The molecular formula is C16H23N3O3. The zero-order valence-electron chi connectivity index (χ0n) is 13.5. The summed E-state index contributed by atoms with van der Waals surface area (Å²) in [5.41, 5.74) is 7.85. The number of nitrogen functional groups attached to an aromatic ring is 1. The molecule has 0 bridgehead atoms. The summed E-state index contributed by atoms with van der Waals surface area (Å²) in [7, 11) is 7.09. The molecule has 6 heteroatoms. The van der Waals surface area contributed by atoms with Gasteiger partial charge < -0.3 is 24.7 Å². The second kappa shape index (κ2) is 6.81. The molecule has 0 radical (unpaired) electrons. The number of ether oxygens (including phenoxy) is 2. The van der Waals surface area contributed by atoms with Crippen molar-refractivity contribution in [3.63, 3.8) is 0 Å². The van der Waals surface area contributed by atoms with Gasteiger partial charge in [0.25, 0.3) is 5.56 Å². The SMILES string of the molecule is COC1=Cc2c(c(N)cn(CCN(C)C)c2=O)C=CC1OC. The molecule has 22 heavy (non-hydrogen) atoms. The highest BCUT2D eigenvalue weighted by Gasteiger charge is 2.19. The first-order chi connectivity index (χ1) is 10.5. The van der Waals surface area contributed by atoms with Crippen LogP contribution in [0.25, 0.3) is 12.2 Å². The van der Waals surface area contributed by atoms with Gasteiger partial charge in [0.15, 0.2) is 0 Å². The Balaban J connectivity index is 2.55. The van der Waals surface area contributed by atoms with E-state index < -0.39 is 0 Å². The summed E-state index contributed by atoms with van der Waals surface area (Å²) >= 11 is 0. The van der Waals surface area contributed by atoms with Crippen molar-refractivity contribution in [3.8, 4) is 0 Å². The summed E-state index contributed by atoms with van der Waals surface area (Å²) in [5, 5.41) is 0. The normalized spacial score (nSPS) is 17.1. The number of pyridine rings is 1. The molecule has 1 atom stereocenters. The molecule has 2 N–H and O–H groups in total. The first kappa shape index (κ1) is 16.3. The molecule has 1 aromatic heterocycles. The van der Waals surface area contributed by atoms with Gasteiger partial charge >= 0.3 is 0 Å². The Morgan fingerprint density at radius 2 is 2.05 bits per heavy atom. The lowest BCUT2D eigenvalue weighted by Gasteiger charge is -2.15. The number of fused-ring (bicyclic) bond motifs is 1. The van der Waals surface area contributed by atoms with Gasteiger partial charge in [-0.3, -0.25) is 4.79 Å². The van der Waals surface area contributed by atoms with Gasteiger partial charge in [-0.1, -0.05) is 6.08 Å². The fourth-order valence-electron chi connectivity index (χ4n) is 2.39. The minimum atomic E-state index is -0.327. The third-order valence-electron chi connectivity index (χ3n) is 3.67. The summed E-state index contributed by atoms with van der Waals surface area (Å²) in [6.07, 6.45) is 6.74. The number of methoxy groups -OCH3 is 2. The molecule has 0 aliphatic heterocycles. The number of nitrogens with two attached hydrogens (primary N) is 1. The highest BCUT2D eigenvalue weighted by Crippen LogP contribution is 2.25. The Hall–Kier alpha value is -2.05. The van der Waals surface area contributed by atoms with Crippen molar-refractivity contribution in [2.45, 2.75) is 12.6 Å². The molecule has 1 aliphatic carbocycles. The van der Waals surface area contributed by atoms with E-state index >= 15 is 0 Å². The summed E-state index contributed by atoms with van der Waals surface area (Å²) in [5.74, 6) is 0.583. The number of anilines is 1. The Labute approximate surface area is 130 Å². The molecule has 0 amide bonds. The Kier molecular flexibility index (Phi) is 5.05. The van der Waals surface area contributed by atoms with Gasteiger partial charge in [0.05, 0.1) is 18.4 Å². The van der Waals surface area contributed by atoms with Gasteiger partial charge in [-0.05, 0) is 26.2 Å². The van der Waals surface area contributed by atoms with E-state index in [1.807, 2.05) is 31.1 Å². The molecule has 1 aromatic rings. The Morgan fingerprint density at radius 3 is 2.64 bits per heavy atom. The monoisotopic (exact) mass is 305 g/mol. The third kappa shape index (κ3) is 3.23. The fraction of sp³-hybridized carbons (Fsp3) is 0.438. The number of hydrogen-bond acceptors (Lipinski definition) is 5. The lowest BCUT2D eigenvalue weighted by atomic mass is 10.1. The van der Waals surface area contributed by atoms with Crippen molar-refractivity contribution in [1.82, 2.24) is 9.47 Å². The second-order valence-electron chi connectivity index (χ2n) is 5.48. The lowest BCUT2D eigenvalue weighted by molar-refractivity contribution is 0.113. The highest BCUT2D eigenvalue weighted by atomic mass is 16.5. The van der Waals surface area contributed by atoms with Crippen LogP contribution in [-0.4, -0.2) is 50.4 Å². The van der Waals surface area contributed by atoms with Gasteiger partial charge in [0.2, 0.25) is 0 Å². The van der Waals surface area contributed by atoms with Crippen LogP contribution in [0.15, 0.2) is 22.8 Å². The molecule has 0 saturated carbocycles. The highest BCUT2D eigenvalue weighted by molar-refractivity contribution is 5.76. The number of aromatic nitrogens is 1. The molecule has 0 fully saturated rings. The molecule has 2 rings (SSSR count). The van der Waals surface area contributed by atoms with Crippen molar-refractivity contribution in [2.24, 2.45) is 0 Å². The van der Waals surface area contributed by atoms with Crippen LogP contribution < -0.4 is 11.3 Å². The largest absolute Gasteiger partial charge is 0.498 e. The van der Waals surface area contributed by atoms with E-state index in [1.165, 1.54) is 0 Å². The standard InChI is InChI=1S/C16H23N3O3/c1-18(2)7-8-19-10-13(17)11-5-6-14(21-3)15(22-4)9-12(11)16(19)20/h5-6,9-10,14H,7-8,17H2,1-4H3. The average Bonchev–Trinajstić information content (AvgIpc) is 2.68. The van der Waals surface area contributed by atoms with Crippen LogP contribution in [0, 0.1) is 0 Å². The summed E-state index contributed by atoms with van der Waals surface area (Å²) in [4.78, 5) is 14.7. The molecule has 1 heterocycles. The second-order valence-corrected chi connectivity index (χ2v) is 5.48. The molecule has 120 valence electrons. The van der Waals surface area contributed by atoms with Gasteiger partial charge in [0.1, 0.15) is 11.9 Å². The first-order valence-corrected chi connectivity index (χ1v) is 7.12. The van der Waals surface area contributed by atoms with Crippen LogP contribution in [0.4, 0.5) is 5.69 Å². The average molecular weight is 305 g/mol. The molecule has 0 spiro atoms. The van der Waals surface area contributed by atoms with Crippen molar-refractivity contribution in [1.29, 1.82) is 0 Å². The minimum absolute atomic E-state index is 0.0815. The van der Waals surface area contributed by atoms with E-state index in [0.29, 0.717) is 29.1 Å². The molecular weight excluding hydrogens is 282 g/mol. The zero-order valence-corrected chi connectivity index (χ0v) is 13.5. The maximum Gasteiger partial charge on any atom is 0.258 e. The van der Waals surface area contributed by atoms with E-state index in [2.05, 4.69) is 0 Å². The summed E-state index contributed by atoms with van der Waals surface area (Å²) < 4.78 is 12.3. The summed E-state index contributed by atoms with van der Waals surface area (Å²) in [6.45, 7) is 1.34. The van der Waals surface area contributed by atoms with E-state index in [-0.39, 0.29) is 11.7 Å². The number of nitrogens with zero attached hydrogens (tertiary/aromatic N) is 2. The predicted octanol–water partition coefficient (Wildman–Crippen LogP) is 1.02. The predicted molar refractivity (Wildman–Crippen MR) is 88.5 cm³/mol. The van der Waals surface area contributed by atoms with Gasteiger partial charge in [-0.15, -0.1) is 0 Å². The fourth-order valence-corrected chi connectivity index (χ4v) is 2.39. The quantitative estimate of drug-likeness (QED) is 0.879. The maximum absolute atomic E-state index is 12.7. The molecule has 0 saturated heterocycles. The van der Waals surface area contributed by atoms with Crippen molar-refractivity contribution < 1.29 is 9.47 Å². The third-order valence-corrected chi connectivity index (χ3v) is 3.67. The van der Waals surface area contributed by atoms with Crippen LogP contribution in [0.2, 0.25) is 0 Å². The van der Waals surface area contributed by atoms with Crippen LogP contribution in [0.3, 0.4) is 0 Å².